The van der Waals surface area contributed by atoms with Crippen LogP contribution in [0.1, 0.15) is 44.9 Å². The molecule has 1 unspecified atom stereocenters. The minimum Gasteiger partial charge on any atom is -0.374 e. The van der Waals surface area contributed by atoms with E-state index < -0.39 is 18.0 Å². The summed E-state index contributed by atoms with van der Waals surface area (Å²) in [5.41, 5.74) is 8.68. The molecule has 3 N–H and O–H groups in total. The molecule has 3 aromatic rings. The van der Waals surface area contributed by atoms with E-state index in [0.717, 1.165) is 30.6 Å². The molecule has 2 aliphatic rings. The van der Waals surface area contributed by atoms with Crippen LogP contribution in [0.5, 0.6) is 0 Å². The molecule has 8 nitrogen and oxygen atoms in total. The van der Waals surface area contributed by atoms with Crippen LogP contribution in [-0.2, 0) is 6.42 Å². The first kappa shape index (κ1) is 21.1. The maximum absolute atomic E-state index is 14.6. The molecule has 3 heterocycles. The van der Waals surface area contributed by atoms with Crippen molar-refractivity contribution in [1.29, 1.82) is 0 Å². The number of anilines is 2. The first-order chi connectivity index (χ1) is 15.9. The van der Waals surface area contributed by atoms with E-state index in [1.54, 1.807) is 17.0 Å². The number of hydrogen-bond donors (Lipinski definition) is 2. The highest BCUT2D eigenvalue weighted by Gasteiger charge is 2.35. The quantitative estimate of drug-likeness (QED) is 0.637. The van der Waals surface area contributed by atoms with Crippen molar-refractivity contribution in [2.75, 3.05) is 22.9 Å². The van der Waals surface area contributed by atoms with E-state index >= 15 is 0 Å². The zero-order valence-electron chi connectivity index (χ0n) is 18.2. The number of carbonyl (C=O) groups is 2. The second-order valence-corrected chi connectivity index (χ2v) is 8.40. The van der Waals surface area contributed by atoms with Crippen LogP contribution in [0.25, 0.3) is 5.69 Å². The molecule has 0 aliphatic carbocycles. The average molecular weight is 449 g/mol. The van der Waals surface area contributed by atoms with Gasteiger partial charge in [-0.1, -0.05) is 12.1 Å². The fourth-order valence-electron chi connectivity index (χ4n) is 4.76. The number of primary amides is 1. The first-order valence-electron chi connectivity index (χ1n) is 10.9. The van der Waals surface area contributed by atoms with Gasteiger partial charge in [0.05, 0.1) is 0 Å². The number of aryl methyl sites for hydroxylation is 1. The lowest BCUT2D eigenvalue weighted by Crippen LogP contribution is -2.39. The third-order valence-electron chi connectivity index (χ3n) is 6.35. The van der Waals surface area contributed by atoms with Crippen LogP contribution in [0.15, 0.2) is 42.5 Å². The number of fused-ring (bicyclic) bond motifs is 1. The fourth-order valence-corrected chi connectivity index (χ4v) is 4.76. The van der Waals surface area contributed by atoms with E-state index in [1.807, 2.05) is 30.0 Å². The molecule has 2 aromatic carbocycles. The predicted molar refractivity (Wildman–Crippen MR) is 121 cm³/mol. The molecule has 0 radical (unpaired) electrons. The Hall–Kier alpha value is -3.72. The van der Waals surface area contributed by atoms with Crippen LogP contribution in [0.3, 0.4) is 0 Å². The molecule has 1 fully saturated rings. The van der Waals surface area contributed by atoms with Gasteiger partial charge in [0.1, 0.15) is 23.4 Å². The average Bonchev–Trinajstić information content (AvgIpc) is 3.38. The molecule has 2 amide bonds. The summed E-state index contributed by atoms with van der Waals surface area (Å²) in [6.07, 6.45) is 1.52. The van der Waals surface area contributed by atoms with Crippen molar-refractivity contribution >= 4 is 23.2 Å². The van der Waals surface area contributed by atoms with Crippen molar-refractivity contribution in [2.24, 2.45) is 5.73 Å². The molecular formula is C24H24FN5O3. The van der Waals surface area contributed by atoms with Crippen LogP contribution in [0.4, 0.5) is 15.8 Å². The molecule has 9 heteroatoms. The van der Waals surface area contributed by atoms with Gasteiger partial charge in [-0.05, 0) is 62.1 Å². The first-order valence-corrected chi connectivity index (χ1v) is 10.9. The molecule has 0 bridgehead atoms. The molecule has 1 atom stereocenters. The summed E-state index contributed by atoms with van der Waals surface area (Å²) in [6.45, 7) is 3.06. The third kappa shape index (κ3) is 3.45. The molecule has 5 rings (SSSR count). The zero-order chi connectivity index (χ0) is 23.3. The van der Waals surface area contributed by atoms with Crippen molar-refractivity contribution in [3.8, 4) is 5.69 Å². The van der Waals surface area contributed by atoms with Gasteiger partial charge in [-0.2, -0.15) is 5.10 Å². The lowest BCUT2D eigenvalue weighted by Gasteiger charge is -2.30. The van der Waals surface area contributed by atoms with Crippen LogP contribution in [0, 0.1) is 12.7 Å². The molecular weight excluding hydrogens is 425 g/mol. The number of halogens is 1. The normalized spacial score (nSPS) is 18.0. The minimum atomic E-state index is -0.757. The number of aromatic nitrogens is 2. The Kier molecular flexibility index (Phi) is 5.13. The Labute approximate surface area is 190 Å². The number of para-hydroxylation sites is 1. The van der Waals surface area contributed by atoms with Crippen molar-refractivity contribution < 1.29 is 19.1 Å². The highest BCUT2D eigenvalue weighted by Crippen LogP contribution is 2.33. The molecule has 2 aliphatic heterocycles. The molecule has 1 saturated heterocycles. The number of aliphatic hydroxyl groups excluding tert-OH is 1. The summed E-state index contributed by atoms with van der Waals surface area (Å²) >= 11 is 0. The van der Waals surface area contributed by atoms with E-state index in [4.69, 9.17) is 5.73 Å². The van der Waals surface area contributed by atoms with E-state index in [2.05, 4.69) is 5.10 Å². The smallest absolute Gasteiger partial charge is 0.277 e. The van der Waals surface area contributed by atoms with Crippen molar-refractivity contribution in [3.05, 3.63) is 70.8 Å². The Morgan fingerprint density at radius 2 is 1.97 bits per heavy atom. The van der Waals surface area contributed by atoms with Crippen LogP contribution >= 0.6 is 0 Å². The van der Waals surface area contributed by atoms with Gasteiger partial charge in [0, 0.05) is 30.0 Å². The Morgan fingerprint density at radius 3 is 2.64 bits per heavy atom. The third-order valence-corrected chi connectivity index (χ3v) is 6.35. The number of rotatable bonds is 4. The number of benzene rings is 2. The van der Waals surface area contributed by atoms with Crippen LogP contribution in [-0.4, -0.2) is 46.0 Å². The SMILES string of the molecule is Cc1cc(N2CCc3c(C(N)=O)nn(-c4ccccc4F)c3C2=O)ccc1N1CCCC1O. The van der Waals surface area contributed by atoms with Gasteiger partial charge in [-0.15, -0.1) is 0 Å². The van der Waals surface area contributed by atoms with Gasteiger partial charge in [0.25, 0.3) is 11.8 Å². The predicted octanol–water partition coefficient (Wildman–Crippen LogP) is 2.54. The molecule has 1 aromatic heterocycles. The van der Waals surface area contributed by atoms with E-state index in [0.29, 0.717) is 24.2 Å². The molecule has 0 saturated carbocycles. The van der Waals surface area contributed by atoms with E-state index in [9.17, 15) is 19.1 Å². The maximum atomic E-state index is 14.6. The number of carbonyl (C=O) groups excluding carboxylic acids is 2. The summed E-state index contributed by atoms with van der Waals surface area (Å²) in [7, 11) is 0. The van der Waals surface area contributed by atoms with Gasteiger partial charge < -0.3 is 20.6 Å². The Bertz CT molecular complexity index is 1270. The Balaban J connectivity index is 1.56. The van der Waals surface area contributed by atoms with E-state index in [-0.39, 0.29) is 23.0 Å². The summed E-state index contributed by atoms with van der Waals surface area (Å²) in [4.78, 5) is 29.2. The van der Waals surface area contributed by atoms with Gasteiger partial charge >= 0.3 is 0 Å². The number of nitrogens with two attached hydrogens (primary N) is 1. The van der Waals surface area contributed by atoms with Crippen molar-refractivity contribution in [2.45, 2.75) is 32.4 Å². The lowest BCUT2D eigenvalue weighted by molar-refractivity contribution is 0.0972. The minimum absolute atomic E-state index is 0.0178. The van der Waals surface area contributed by atoms with Gasteiger partial charge in [-0.3, -0.25) is 9.59 Å². The Morgan fingerprint density at radius 1 is 1.18 bits per heavy atom. The monoisotopic (exact) mass is 449 g/mol. The largest absolute Gasteiger partial charge is 0.374 e. The maximum Gasteiger partial charge on any atom is 0.277 e. The summed E-state index contributed by atoms with van der Waals surface area (Å²) in [5.74, 6) is -1.70. The van der Waals surface area contributed by atoms with Crippen LogP contribution < -0.4 is 15.5 Å². The van der Waals surface area contributed by atoms with Gasteiger partial charge in [-0.25, -0.2) is 9.07 Å². The van der Waals surface area contributed by atoms with Crippen molar-refractivity contribution in [3.63, 3.8) is 0 Å². The van der Waals surface area contributed by atoms with E-state index in [1.165, 1.54) is 16.8 Å². The summed E-state index contributed by atoms with van der Waals surface area (Å²) in [5, 5.41) is 14.4. The summed E-state index contributed by atoms with van der Waals surface area (Å²) < 4.78 is 15.7. The highest BCUT2D eigenvalue weighted by molar-refractivity contribution is 6.09. The lowest BCUT2D eigenvalue weighted by atomic mass is 10.0. The number of amides is 2. The highest BCUT2D eigenvalue weighted by atomic mass is 19.1. The van der Waals surface area contributed by atoms with Gasteiger partial charge in [0.15, 0.2) is 5.69 Å². The number of nitrogens with zero attached hydrogens (tertiary/aromatic N) is 4. The van der Waals surface area contributed by atoms with Gasteiger partial charge in [0.2, 0.25) is 0 Å². The van der Waals surface area contributed by atoms with Crippen molar-refractivity contribution in [1.82, 2.24) is 9.78 Å². The topological polar surface area (TPSA) is 105 Å². The van der Waals surface area contributed by atoms with Crippen LogP contribution in [0.2, 0.25) is 0 Å². The molecule has 0 spiro atoms. The second kappa shape index (κ2) is 8.00. The second-order valence-electron chi connectivity index (χ2n) is 8.40. The molecule has 170 valence electrons. The summed E-state index contributed by atoms with van der Waals surface area (Å²) in [6, 6.07) is 11.6. The zero-order valence-corrected chi connectivity index (χ0v) is 18.2. The fraction of sp³-hybridized carbons (Fsp3) is 0.292. The number of hydrogen-bond acceptors (Lipinski definition) is 5. The number of aliphatic hydroxyl groups is 1. The standard InChI is InChI=1S/C24H24FN5O3/c1-14-13-15(8-9-18(14)29-11-4-7-20(29)31)28-12-10-16-21(23(26)32)27-30(22(16)24(28)33)19-6-3-2-5-17(19)25/h2-3,5-6,8-9,13,20,31H,4,7,10-12H2,1H3,(H2,26,32). The molecule has 33 heavy (non-hydrogen) atoms.